The van der Waals surface area contributed by atoms with E-state index in [0.29, 0.717) is 6.54 Å². The first kappa shape index (κ1) is 18.2. The van der Waals surface area contributed by atoms with Gasteiger partial charge in [0.2, 0.25) is 0 Å². The Balaban J connectivity index is 1.99. The van der Waals surface area contributed by atoms with Crippen LogP contribution in [0.15, 0.2) is 78.6 Å². The highest BCUT2D eigenvalue weighted by Gasteiger charge is 2.20. The number of aromatic nitrogens is 1. The molecule has 0 unspecified atom stereocenters. The number of aliphatic hydroxyl groups excluding tert-OH is 1. The highest BCUT2D eigenvalue weighted by atomic mass is 16.3. The molecule has 0 amide bonds. The standard InChI is InChI=1S/C25H24N2O/c1-17-11-13-18(14-12-17)21-15-23(19-7-3-2-4-8-19)27-25(22(21)16-26)20-9-5-6-10-24(20)28/h2-4,7-15,28H,5-6,16,26H2,1H3. The van der Waals surface area contributed by atoms with Crippen LogP contribution in [0.4, 0.5) is 0 Å². The predicted octanol–water partition coefficient (Wildman–Crippen LogP) is 5.80. The number of aryl methyl sites for hydroxylation is 1. The molecule has 3 nitrogen and oxygen atoms in total. The van der Waals surface area contributed by atoms with Gasteiger partial charge >= 0.3 is 0 Å². The van der Waals surface area contributed by atoms with E-state index in [1.165, 1.54) is 5.56 Å². The fourth-order valence-corrected chi connectivity index (χ4v) is 3.63. The van der Waals surface area contributed by atoms with Crippen LogP contribution in [0.5, 0.6) is 0 Å². The van der Waals surface area contributed by atoms with Crippen LogP contribution < -0.4 is 5.73 Å². The Morgan fingerprint density at radius 2 is 1.64 bits per heavy atom. The third kappa shape index (κ3) is 3.49. The molecular weight excluding hydrogens is 344 g/mol. The molecule has 3 N–H and O–H groups in total. The normalized spacial score (nSPS) is 13.8. The second kappa shape index (κ2) is 7.83. The zero-order valence-electron chi connectivity index (χ0n) is 16.0. The third-order valence-electron chi connectivity index (χ3n) is 5.14. The minimum absolute atomic E-state index is 0.286. The van der Waals surface area contributed by atoms with E-state index < -0.39 is 0 Å². The molecule has 0 aliphatic heterocycles. The molecule has 1 heterocycles. The maximum atomic E-state index is 10.5. The van der Waals surface area contributed by atoms with Gasteiger partial charge in [0, 0.05) is 23.2 Å². The summed E-state index contributed by atoms with van der Waals surface area (Å²) in [7, 11) is 0. The van der Waals surface area contributed by atoms with Gasteiger partial charge in [-0.3, -0.25) is 0 Å². The van der Waals surface area contributed by atoms with Crippen LogP contribution in [-0.4, -0.2) is 10.1 Å². The summed E-state index contributed by atoms with van der Waals surface area (Å²) >= 11 is 0. The molecule has 2 aromatic carbocycles. The fourth-order valence-electron chi connectivity index (χ4n) is 3.63. The monoisotopic (exact) mass is 368 g/mol. The quantitative estimate of drug-likeness (QED) is 0.612. The average molecular weight is 368 g/mol. The van der Waals surface area contributed by atoms with Crippen molar-refractivity contribution < 1.29 is 5.11 Å². The molecule has 3 aromatic rings. The summed E-state index contributed by atoms with van der Waals surface area (Å²) in [6, 6.07) is 20.7. The largest absolute Gasteiger partial charge is 0.508 e. The van der Waals surface area contributed by atoms with E-state index in [1.807, 2.05) is 24.3 Å². The molecule has 0 spiro atoms. The van der Waals surface area contributed by atoms with Crippen LogP contribution in [-0.2, 0) is 6.54 Å². The maximum absolute atomic E-state index is 10.5. The molecule has 0 saturated heterocycles. The highest BCUT2D eigenvalue weighted by molar-refractivity contribution is 5.84. The summed E-state index contributed by atoms with van der Waals surface area (Å²) in [6.45, 7) is 2.43. The van der Waals surface area contributed by atoms with E-state index in [2.05, 4.69) is 55.5 Å². The lowest BCUT2D eigenvalue weighted by Gasteiger charge is -2.19. The molecule has 0 fully saturated rings. The lowest BCUT2D eigenvalue weighted by Crippen LogP contribution is -2.09. The molecule has 28 heavy (non-hydrogen) atoms. The number of hydrogen-bond donors (Lipinski definition) is 2. The van der Waals surface area contributed by atoms with Crippen LogP contribution in [0, 0.1) is 6.92 Å². The number of rotatable bonds is 4. The predicted molar refractivity (Wildman–Crippen MR) is 116 cm³/mol. The second-order valence-corrected chi connectivity index (χ2v) is 7.10. The molecule has 0 bridgehead atoms. The van der Waals surface area contributed by atoms with Crippen LogP contribution in [0.2, 0.25) is 0 Å². The van der Waals surface area contributed by atoms with Gasteiger partial charge in [0.25, 0.3) is 0 Å². The van der Waals surface area contributed by atoms with Gasteiger partial charge in [0.1, 0.15) is 5.76 Å². The number of allylic oxidation sites excluding steroid dienone is 3. The van der Waals surface area contributed by atoms with Crippen molar-refractivity contribution in [2.45, 2.75) is 26.3 Å². The zero-order valence-corrected chi connectivity index (χ0v) is 16.0. The third-order valence-corrected chi connectivity index (χ3v) is 5.14. The Hall–Kier alpha value is -3.17. The molecule has 4 rings (SSSR count). The van der Waals surface area contributed by atoms with Gasteiger partial charge in [-0.15, -0.1) is 0 Å². The van der Waals surface area contributed by atoms with Gasteiger partial charge in [-0.2, -0.15) is 0 Å². The van der Waals surface area contributed by atoms with Crippen LogP contribution in [0.25, 0.3) is 28.0 Å². The number of aliphatic hydroxyl groups is 1. The minimum atomic E-state index is 0.286. The lowest BCUT2D eigenvalue weighted by atomic mass is 9.91. The van der Waals surface area contributed by atoms with Crippen molar-refractivity contribution in [2.24, 2.45) is 5.73 Å². The number of hydrogen-bond acceptors (Lipinski definition) is 3. The molecule has 140 valence electrons. The first-order valence-corrected chi connectivity index (χ1v) is 9.64. The summed E-state index contributed by atoms with van der Waals surface area (Å²) in [5.74, 6) is 0.286. The molecule has 1 aliphatic carbocycles. The summed E-state index contributed by atoms with van der Waals surface area (Å²) in [4.78, 5) is 4.94. The molecule has 0 saturated carbocycles. The van der Waals surface area contributed by atoms with Crippen LogP contribution in [0.3, 0.4) is 0 Å². The topological polar surface area (TPSA) is 59.1 Å². The number of nitrogens with two attached hydrogens (primary N) is 1. The van der Waals surface area contributed by atoms with Crippen molar-refractivity contribution in [1.82, 2.24) is 4.98 Å². The number of nitrogens with zero attached hydrogens (tertiary/aromatic N) is 1. The van der Waals surface area contributed by atoms with Crippen molar-refractivity contribution in [1.29, 1.82) is 0 Å². The molecular formula is C25H24N2O. The number of pyridine rings is 1. The van der Waals surface area contributed by atoms with Gasteiger partial charge in [0.15, 0.2) is 0 Å². The first-order valence-electron chi connectivity index (χ1n) is 9.64. The van der Waals surface area contributed by atoms with E-state index in [0.717, 1.165) is 52.1 Å². The van der Waals surface area contributed by atoms with Crippen molar-refractivity contribution in [3.05, 3.63) is 95.4 Å². The van der Waals surface area contributed by atoms with Crippen molar-refractivity contribution in [2.75, 3.05) is 0 Å². The van der Waals surface area contributed by atoms with Gasteiger partial charge in [0.05, 0.1) is 11.4 Å². The number of benzene rings is 2. The SMILES string of the molecule is Cc1ccc(-c2cc(-c3ccccc3)nc(C3=CCCC=C3O)c2CN)cc1. The first-order chi connectivity index (χ1) is 13.7. The van der Waals surface area contributed by atoms with E-state index in [1.54, 1.807) is 0 Å². The fraction of sp³-hybridized carbons (Fsp3) is 0.160. The molecule has 1 aliphatic rings. The summed E-state index contributed by atoms with van der Waals surface area (Å²) < 4.78 is 0. The van der Waals surface area contributed by atoms with Crippen molar-refractivity contribution in [3.63, 3.8) is 0 Å². The molecule has 0 radical (unpaired) electrons. The smallest absolute Gasteiger partial charge is 0.120 e. The van der Waals surface area contributed by atoms with E-state index in [9.17, 15) is 5.11 Å². The molecule has 3 heteroatoms. The Bertz CT molecular complexity index is 1050. The summed E-state index contributed by atoms with van der Waals surface area (Å²) in [5.41, 5.74) is 14.0. The van der Waals surface area contributed by atoms with Crippen LogP contribution >= 0.6 is 0 Å². The van der Waals surface area contributed by atoms with E-state index >= 15 is 0 Å². The molecule has 1 aromatic heterocycles. The van der Waals surface area contributed by atoms with E-state index in [-0.39, 0.29) is 5.76 Å². The van der Waals surface area contributed by atoms with Crippen LogP contribution in [0.1, 0.15) is 29.7 Å². The Kier molecular flexibility index (Phi) is 5.09. The minimum Gasteiger partial charge on any atom is -0.508 e. The zero-order chi connectivity index (χ0) is 19.5. The van der Waals surface area contributed by atoms with Crippen molar-refractivity contribution in [3.8, 4) is 22.4 Å². The maximum Gasteiger partial charge on any atom is 0.120 e. The highest BCUT2D eigenvalue weighted by Crippen LogP contribution is 2.36. The Morgan fingerprint density at radius 3 is 2.32 bits per heavy atom. The van der Waals surface area contributed by atoms with Gasteiger partial charge in [-0.1, -0.05) is 66.2 Å². The summed E-state index contributed by atoms with van der Waals surface area (Å²) in [6.07, 6.45) is 5.65. The average Bonchev–Trinajstić information content (AvgIpc) is 2.74. The Labute approximate surface area is 165 Å². The molecule has 0 atom stereocenters. The Morgan fingerprint density at radius 1 is 0.929 bits per heavy atom. The van der Waals surface area contributed by atoms with E-state index in [4.69, 9.17) is 10.7 Å². The van der Waals surface area contributed by atoms with Crippen molar-refractivity contribution >= 4 is 5.57 Å². The lowest BCUT2D eigenvalue weighted by molar-refractivity contribution is 0.432. The van der Waals surface area contributed by atoms with Gasteiger partial charge < -0.3 is 10.8 Å². The van der Waals surface area contributed by atoms with Gasteiger partial charge in [-0.05, 0) is 43.0 Å². The second-order valence-electron chi connectivity index (χ2n) is 7.10. The summed E-state index contributed by atoms with van der Waals surface area (Å²) in [5, 5.41) is 10.5. The van der Waals surface area contributed by atoms with Gasteiger partial charge in [-0.25, -0.2) is 4.98 Å².